The van der Waals surface area contributed by atoms with Crippen molar-refractivity contribution in [3.05, 3.63) is 75.8 Å². The molecule has 0 saturated heterocycles. The van der Waals surface area contributed by atoms with E-state index in [1.54, 1.807) is 24.3 Å². The van der Waals surface area contributed by atoms with E-state index in [0.29, 0.717) is 16.7 Å². The quantitative estimate of drug-likeness (QED) is 0.559. The number of nitrogens with zero attached hydrogens (tertiary/aromatic N) is 1. The number of hydrogen-bond donors (Lipinski definition) is 2. The molecule has 0 aliphatic heterocycles. The lowest BCUT2D eigenvalue weighted by molar-refractivity contribution is -0.148. The molecule has 7 nitrogen and oxygen atoms in total. The Balaban J connectivity index is 1.46. The lowest BCUT2D eigenvalue weighted by Crippen LogP contribution is -2.31. The third-order valence-corrected chi connectivity index (χ3v) is 4.86. The van der Waals surface area contributed by atoms with Gasteiger partial charge in [0.25, 0.3) is 11.5 Å². The Hall–Kier alpha value is -3.48. The van der Waals surface area contributed by atoms with Crippen LogP contribution in [0.4, 0.5) is 0 Å². The fourth-order valence-electron chi connectivity index (χ4n) is 3.10. The topological polar surface area (TPSA) is 101 Å². The maximum Gasteiger partial charge on any atom is 0.306 e. The van der Waals surface area contributed by atoms with E-state index >= 15 is 0 Å². The maximum atomic E-state index is 12.1. The number of amides is 1. The summed E-state index contributed by atoms with van der Waals surface area (Å²) in [6, 6.07) is 14.8. The van der Waals surface area contributed by atoms with Crippen molar-refractivity contribution in [2.24, 2.45) is 0 Å². The normalized spacial score (nSPS) is 11.8. The minimum atomic E-state index is -0.527. The monoisotopic (exact) mass is 407 g/mol. The molecule has 7 heteroatoms. The molecule has 0 unspecified atom stereocenters. The predicted octanol–water partition coefficient (Wildman–Crippen LogP) is 2.84. The molecular weight excluding hydrogens is 382 g/mol. The van der Waals surface area contributed by atoms with E-state index in [4.69, 9.17) is 4.74 Å². The largest absolute Gasteiger partial charge is 0.456 e. The van der Waals surface area contributed by atoms with Crippen LogP contribution in [0.3, 0.4) is 0 Å². The van der Waals surface area contributed by atoms with Gasteiger partial charge < -0.3 is 15.0 Å². The molecule has 1 heterocycles. The predicted molar refractivity (Wildman–Crippen MR) is 114 cm³/mol. The lowest BCUT2D eigenvalue weighted by Gasteiger charge is -2.15. The van der Waals surface area contributed by atoms with Gasteiger partial charge in [0.05, 0.1) is 23.4 Å². The summed E-state index contributed by atoms with van der Waals surface area (Å²) in [5.41, 5.74) is 2.54. The Morgan fingerprint density at radius 3 is 2.60 bits per heavy atom. The third-order valence-electron chi connectivity index (χ3n) is 4.86. The summed E-state index contributed by atoms with van der Waals surface area (Å²) in [6.07, 6.45) is 1.20. The number of fused-ring (bicyclic) bond motifs is 1. The first-order valence-corrected chi connectivity index (χ1v) is 9.98. The first kappa shape index (κ1) is 21.2. The number of aryl methyl sites for hydroxylation is 2. The Morgan fingerprint density at radius 2 is 1.87 bits per heavy atom. The molecule has 1 amide bonds. The molecule has 1 atom stereocenters. The van der Waals surface area contributed by atoms with Gasteiger partial charge in [0.15, 0.2) is 6.61 Å². The van der Waals surface area contributed by atoms with Crippen LogP contribution in [0.15, 0.2) is 53.3 Å². The number of carbonyl (C=O) groups is 2. The van der Waals surface area contributed by atoms with Crippen LogP contribution in [0.5, 0.6) is 0 Å². The van der Waals surface area contributed by atoms with Crippen molar-refractivity contribution >= 4 is 22.8 Å². The molecule has 0 fully saturated rings. The van der Waals surface area contributed by atoms with E-state index in [0.717, 1.165) is 12.0 Å². The van der Waals surface area contributed by atoms with Gasteiger partial charge in [0.1, 0.15) is 5.82 Å². The smallest absolute Gasteiger partial charge is 0.306 e. The van der Waals surface area contributed by atoms with Gasteiger partial charge in [-0.25, -0.2) is 4.98 Å². The summed E-state index contributed by atoms with van der Waals surface area (Å²) in [7, 11) is 0. The van der Waals surface area contributed by atoms with Crippen molar-refractivity contribution in [3.8, 4) is 0 Å². The molecule has 0 aliphatic rings. The second kappa shape index (κ2) is 9.82. The van der Waals surface area contributed by atoms with E-state index in [9.17, 15) is 14.4 Å². The Morgan fingerprint density at radius 1 is 1.13 bits per heavy atom. The van der Waals surface area contributed by atoms with Crippen molar-refractivity contribution in [1.82, 2.24) is 15.3 Å². The number of carbonyl (C=O) groups excluding carboxylic acids is 2. The molecule has 30 heavy (non-hydrogen) atoms. The van der Waals surface area contributed by atoms with E-state index in [1.165, 1.54) is 5.56 Å². The van der Waals surface area contributed by atoms with Gasteiger partial charge in [0, 0.05) is 6.42 Å². The Kier molecular flexibility index (Phi) is 6.95. The summed E-state index contributed by atoms with van der Waals surface area (Å²) in [5.74, 6) is -0.488. The van der Waals surface area contributed by atoms with Gasteiger partial charge >= 0.3 is 5.97 Å². The first-order valence-electron chi connectivity index (χ1n) is 9.98. The van der Waals surface area contributed by atoms with Crippen LogP contribution in [-0.4, -0.2) is 28.5 Å². The Bertz CT molecular complexity index is 1090. The zero-order valence-electron chi connectivity index (χ0n) is 17.1. The average Bonchev–Trinajstić information content (AvgIpc) is 2.76. The second-order valence-corrected chi connectivity index (χ2v) is 7.07. The number of ether oxygens (including phenoxy) is 1. The molecule has 156 valence electrons. The van der Waals surface area contributed by atoms with Crippen molar-refractivity contribution in [2.45, 2.75) is 39.2 Å². The lowest BCUT2D eigenvalue weighted by atomic mass is 10.1. The van der Waals surface area contributed by atoms with Crippen LogP contribution in [0.2, 0.25) is 0 Å². The molecule has 3 rings (SSSR count). The number of benzene rings is 2. The summed E-state index contributed by atoms with van der Waals surface area (Å²) in [5, 5.41) is 3.31. The van der Waals surface area contributed by atoms with Crippen LogP contribution in [0, 0.1) is 0 Å². The highest BCUT2D eigenvalue weighted by Crippen LogP contribution is 2.13. The van der Waals surface area contributed by atoms with Crippen LogP contribution < -0.4 is 10.9 Å². The fourth-order valence-corrected chi connectivity index (χ4v) is 3.10. The van der Waals surface area contributed by atoms with Gasteiger partial charge in [-0.3, -0.25) is 14.4 Å². The Labute approximate surface area is 174 Å². The number of hydrogen-bond acceptors (Lipinski definition) is 5. The number of esters is 1. The van der Waals surface area contributed by atoms with E-state index < -0.39 is 5.97 Å². The zero-order valence-corrected chi connectivity index (χ0v) is 17.1. The SMILES string of the molecule is CCc1ccc([C@H](C)NC(=O)COC(=O)CCc2nc3ccccc3c(=O)[nH]2)cc1. The third kappa shape index (κ3) is 5.53. The molecule has 2 N–H and O–H groups in total. The van der Waals surface area contributed by atoms with Crippen LogP contribution in [-0.2, 0) is 27.2 Å². The number of rotatable bonds is 8. The van der Waals surface area contributed by atoms with Crippen LogP contribution in [0.1, 0.15) is 43.3 Å². The molecule has 0 saturated carbocycles. The summed E-state index contributed by atoms with van der Waals surface area (Å²) in [6.45, 7) is 3.61. The molecule has 0 bridgehead atoms. The minimum Gasteiger partial charge on any atom is -0.456 e. The summed E-state index contributed by atoms with van der Waals surface area (Å²) >= 11 is 0. The number of nitrogens with one attached hydrogen (secondary N) is 2. The second-order valence-electron chi connectivity index (χ2n) is 7.07. The zero-order chi connectivity index (χ0) is 21.5. The van der Waals surface area contributed by atoms with Gasteiger partial charge in [0.2, 0.25) is 0 Å². The molecule has 0 radical (unpaired) electrons. The van der Waals surface area contributed by atoms with Gasteiger partial charge in [-0.15, -0.1) is 0 Å². The molecule has 2 aromatic carbocycles. The average molecular weight is 407 g/mol. The van der Waals surface area contributed by atoms with Crippen molar-refractivity contribution in [1.29, 1.82) is 0 Å². The number of H-pyrrole nitrogens is 1. The molecule has 3 aromatic rings. The fraction of sp³-hybridized carbons (Fsp3) is 0.304. The summed E-state index contributed by atoms with van der Waals surface area (Å²) in [4.78, 5) is 43.1. The molecule has 0 aliphatic carbocycles. The van der Waals surface area contributed by atoms with E-state index in [1.807, 2.05) is 31.2 Å². The number of aromatic amines is 1. The van der Waals surface area contributed by atoms with Crippen LogP contribution in [0.25, 0.3) is 10.9 Å². The minimum absolute atomic E-state index is 0.0165. The van der Waals surface area contributed by atoms with Crippen LogP contribution >= 0.6 is 0 Å². The molecular formula is C23H25N3O4. The highest BCUT2D eigenvalue weighted by molar-refractivity contribution is 5.81. The van der Waals surface area contributed by atoms with Gasteiger partial charge in [-0.05, 0) is 36.6 Å². The summed E-state index contributed by atoms with van der Waals surface area (Å²) < 4.78 is 5.05. The van der Waals surface area contributed by atoms with Crippen molar-refractivity contribution in [2.75, 3.05) is 6.61 Å². The first-order chi connectivity index (χ1) is 14.5. The van der Waals surface area contributed by atoms with Gasteiger partial charge in [-0.1, -0.05) is 43.3 Å². The highest BCUT2D eigenvalue weighted by Gasteiger charge is 2.13. The number of para-hydroxylation sites is 1. The maximum absolute atomic E-state index is 12.1. The van der Waals surface area contributed by atoms with E-state index in [-0.39, 0.29) is 37.0 Å². The standard InChI is InChI=1S/C23H25N3O4/c1-3-16-8-10-17(11-9-16)15(2)24-21(27)14-30-22(28)13-12-20-25-19-7-5-4-6-18(19)23(29)26-20/h4-11,15H,3,12-14H2,1-2H3,(H,24,27)(H,25,26,29)/t15-/m0/s1. The van der Waals surface area contributed by atoms with Crippen molar-refractivity contribution in [3.63, 3.8) is 0 Å². The molecule has 0 spiro atoms. The van der Waals surface area contributed by atoms with Gasteiger partial charge in [-0.2, -0.15) is 0 Å². The highest BCUT2D eigenvalue weighted by atomic mass is 16.5. The number of aromatic nitrogens is 2. The van der Waals surface area contributed by atoms with E-state index in [2.05, 4.69) is 22.2 Å². The molecule has 1 aromatic heterocycles. The van der Waals surface area contributed by atoms with Crippen molar-refractivity contribution < 1.29 is 14.3 Å².